The highest BCUT2D eigenvalue weighted by atomic mass is 32.2. The minimum atomic E-state index is -3.64. The van der Waals surface area contributed by atoms with Gasteiger partial charge in [-0.3, -0.25) is 0 Å². The lowest BCUT2D eigenvalue weighted by atomic mass is 10.0. The smallest absolute Gasteiger partial charge is 0.243 e. The Morgan fingerprint density at radius 1 is 1.15 bits per heavy atom. The minimum absolute atomic E-state index is 0.286. The molecule has 2 aromatic carbocycles. The molecule has 1 aliphatic heterocycles. The molecule has 2 aromatic rings. The summed E-state index contributed by atoms with van der Waals surface area (Å²) in [5.41, 5.74) is 1.69. The minimum Gasteiger partial charge on any atom is -0.496 e. The molecule has 6 nitrogen and oxygen atoms in total. The molecule has 1 fully saturated rings. The van der Waals surface area contributed by atoms with Crippen LogP contribution in [0, 0.1) is 0 Å². The van der Waals surface area contributed by atoms with Crippen LogP contribution in [0.3, 0.4) is 0 Å². The Kier molecular flexibility index (Phi) is 5.93. The largest absolute Gasteiger partial charge is 0.496 e. The van der Waals surface area contributed by atoms with E-state index < -0.39 is 10.0 Å². The fourth-order valence-electron chi connectivity index (χ4n) is 3.28. The van der Waals surface area contributed by atoms with Gasteiger partial charge >= 0.3 is 0 Å². The van der Waals surface area contributed by atoms with Gasteiger partial charge in [-0.05, 0) is 23.8 Å². The van der Waals surface area contributed by atoms with Crippen LogP contribution in [0.2, 0.25) is 0 Å². The highest BCUT2D eigenvalue weighted by Crippen LogP contribution is 2.34. The number of nitrogens with zero attached hydrogens (tertiary/aromatic N) is 1. The van der Waals surface area contributed by atoms with E-state index in [-0.39, 0.29) is 10.9 Å². The first-order chi connectivity index (χ1) is 12.6. The van der Waals surface area contributed by atoms with Crippen molar-refractivity contribution in [2.45, 2.75) is 17.5 Å². The first kappa shape index (κ1) is 18.8. The van der Waals surface area contributed by atoms with E-state index in [1.807, 2.05) is 30.3 Å². The van der Waals surface area contributed by atoms with Gasteiger partial charge in [0, 0.05) is 32.3 Å². The molecule has 0 radical (unpaired) electrons. The molecular formula is C19H24N2O4S. The third-order valence-corrected chi connectivity index (χ3v) is 6.41. The average Bonchev–Trinajstić information content (AvgIpc) is 2.68. The second-order valence-electron chi connectivity index (χ2n) is 6.16. The summed E-state index contributed by atoms with van der Waals surface area (Å²) >= 11 is 0. The number of nitrogens with one attached hydrogen (secondary N) is 1. The lowest BCUT2D eigenvalue weighted by molar-refractivity contribution is 0.184. The number of para-hydroxylation sites is 1. The maximum absolute atomic E-state index is 13.3. The number of ether oxygens (including phenoxy) is 2. The zero-order valence-electron chi connectivity index (χ0n) is 15.0. The lowest BCUT2D eigenvalue weighted by Crippen LogP contribution is -2.48. The fourth-order valence-corrected chi connectivity index (χ4v) is 4.95. The number of hydrogen-bond donors (Lipinski definition) is 1. The summed E-state index contributed by atoms with van der Waals surface area (Å²) in [4.78, 5) is 0.286. The third kappa shape index (κ3) is 3.76. The van der Waals surface area contributed by atoms with Gasteiger partial charge in [0.1, 0.15) is 5.75 Å². The summed E-state index contributed by atoms with van der Waals surface area (Å²) in [6.07, 6.45) is 0. The van der Waals surface area contributed by atoms with E-state index in [2.05, 4.69) is 5.32 Å². The summed E-state index contributed by atoms with van der Waals surface area (Å²) in [6, 6.07) is 14.2. The molecular weight excluding hydrogens is 352 g/mol. The molecule has 3 rings (SSSR count). The Balaban J connectivity index is 2.00. The third-order valence-electron chi connectivity index (χ3n) is 4.51. The van der Waals surface area contributed by atoms with E-state index in [1.54, 1.807) is 36.7 Å². The van der Waals surface area contributed by atoms with Crippen molar-refractivity contribution in [3.8, 4) is 5.75 Å². The van der Waals surface area contributed by atoms with Gasteiger partial charge in [-0.1, -0.05) is 30.3 Å². The van der Waals surface area contributed by atoms with E-state index in [0.29, 0.717) is 32.0 Å². The van der Waals surface area contributed by atoms with Crippen LogP contribution in [0.1, 0.15) is 17.2 Å². The van der Waals surface area contributed by atoms with Crippen molar-refractivity contribution in [3.63, 3.8) is 0 Å². The molecule has 0 saturated carbocycles. The Hall–Kier alpha value is -1.93. The first-order valence-electron chi connectivity index (χ1n) is 8.51. The summed E-state index contributed by atoms with van der Waals surface area (Å²) in [5, 5.41) is 3.29. The number of rotatable bonds is 6. The molecule has 0 bridgehead atoms. The molecule has 1 saturated heterocycles. The van der Waals surface area contributed by atoms with Gasteiger partial charge in [-0.15, -0.1) is 0 Å². The Morgan fingerprint density at radius 3 is 2.73 bits per heavy atom. The molecule has 0 amide bonds. The zero-order chi connectivity index (χ0) is 18.6. The number of methoxy groups -OCH3 is 2. The average molecular weight is 376 g/mol. The molecule has 140 valence electrons. The molecule has 0 aromatic heterocycles. The standard InChI is InChI=1S/C19H24N2O4S/c1-24-14-15-6-5-7-16(12-15)26(22,23)21-11-10-20-13-18(21)17-8-3-4-9-19(17)25-2/h3-9,12,18,20H,10-11,13-14H2,1-2H3. The molecule has 1 atom stereocenters. The molecule has 1 N–H and O–H groups in total. The summed E-state index contributed by atoms with van der Waals surface area (Å²) in [7, 11) is -0.451. The Morgan fingerprint density at radius 2 is 1.96 bits per heavy atom. The summed E-state index contributed by atoms with van der Waals surface area (Å²) in [6.45, 7) is 1.93. The van der Waals surface area contributed by atoms with Crippen LogP contribution < -0.4 is 10.1 Å². The maximum atomic E-state index is 13.3. The normalized spacial score (nSPS) is 18.6. The van der Waals surface area contributed by atoms with Crippen molar-refractivity contribution in [2.75, 3.05) is 33.9 Å². The summed E-state index contributed by atoms with van der Waals surface area (Å²) < 4.78 is 38.8. The monoisotopic (exact) mass is 376 g/mol. The molecule has 0 spiro atoms. The number of benzene rings is 2. The van der Waals surface area contributed by atoms with Gasteiger partial charge in [0.2, 0.25) is 10.0 Å². The van der Waals surface area contributed by atoms with Crippen LogP contribution >= 0.6 is 0 Å². The predicted octanol–water partition coefficient (Wildman–Crippen LogP) is 2.18. The predicted molar refractivity (Wildman–Crippen MR) is 99.7 cm³/mol. The molecule has 0 aliphatic carbocycles. The van der Waals surface area contributed by atoms with Gasteiger partial charge in [-0.2, -0.15) is 4.31 Å². The molecule has 1 heterocycles. The second-order valence-corrected chi connectivity index (χ2v) is 8.05. The van der Waals surface area contributed by atoms with Crippen molar-refractivity contribution in [3.05, 3.63) is 59.7 Å². The molecule has 26 heavy (non-hydrogen) atoms. The van der Waals surface area contributed by atoms with Crippen LogP contribution in [-0.2, 0) is 21.4 Å². The van der Waals surface area contributed by atoms with Crippen molar-refractivity contribution in [2.24, 2.45) is 0 Å². The highest BCUT2D eigenvalue weighted by molar-refractivity contribution is 7.89. The number of hydrogen-bond acceptors (Lipinski definition) is 5. The van der Waals surface area contributed by atoms with Gasteiger partial charge in [0.05, 0.1) is 24.7 Å². The van der Waals surface area contributed by atoms with Crippen molar-refractivity contribution < 1.29 is 17.9 Å². The van der Waals surface area contributed by atoms with E-state index in [0.717, 1.165) is 11.1 Å². The molecule has 1 unspecified atom stereocenters. The Bertz CT molecular complexity index is 854. The topological polar surface area (TPSA) is 67.9 Å². The van der Waals surface area contributed by atoms with E-state index in [1.165, 1.54) is 0 Å². The SMILES string of the molecule is COCc1cccc(S(=O)(=O)N2CCNCC2c2ccccc2OC)c1. The number of sulfonamides is 1. The van der Waals surface area contributed by atoms with E-state index >= 15 is 0 Å². The van der Waals surface area contributed by atoms with Gasteiger partial charge in [-0.25, -0.2) is 8.42 Å². The highest BCUT2D eigenvalue weighted by Gasteiger charge is 2.35. The fraction of sp³-hybridized carbons (Fsp3) is 0.368. The van der Waals surface area contributed by atoms with Crippen LogP contribution in [0.25, 0.3) is 0 Å². The quantitative estimate of drug-likeness (QED) is 0.837. The van der Waals surface area contributed by atoms with Crippen molar-refractivity contribution in [1.29, 1.82) is 0 Å². The zero-order valence-corrected chi connectivity index (χ0v) is 15.8. The first-order valence-corrected chi connectivity index (χ1v) is 9.95. The van der Waals surface area contributed by atoms with Crippen molar-refractivity contribution in [1.82, 2.24) is 9.62 Å². The van der Waals surface area contributed by atoms with Crippen LogP contribution in [0.5, 0.6) is 5.75 Å². The van der Waals surface area contributed by atoms with Crippen LogP contribution in [0.15, 0.2) is 53.4 Å². The lowest BCUT2D eigenvalue weighted by Gasteiger charge is -2.36. The maximum Gasteiger partial charge on any atom is 0.243 e. The van der Waals surface area contributed by atoms with Gasteiger partial charge < -0.3 is 14.8 Å². The van der Waals surface area contributed by atoms with Gasteiger partial charge in [0.25, 0.3) is 0 Å². The molecule has 1 aliphatic rings. The molecule has 7 heteroatoms. The van der Waals surface area contributed by atoms with Crippen LogP contribution in [-0.4, -0.2) is 46.6 Å². The van der Waals surface area contributed by atoms with Crippen LogP contribution in [0.4, 0.5) is 0 Å². The van der Waals surface area contributed by atoms with Gasteiger partial charge in [0.15, 0.2) is 0 Å². The number of piperazine rings is 1. The second kappa shape index (κ2) is 8.18. The Labute approximate surface area is 154 Å². The van der Waals surface area contributed by atoms with E-state index in [4.69, 9.17) is 9.47 Å². The summed E-state index contributed by atoms with van der Waals surface area (Å²) in [5.74, 6) is 0.689. The van der Waals surface area contributed by atoms with Crippen molar-refractivity contribution >= 4 is 10.0 Å². The van der Waals surface area contributed by atoms with E-state index in [9.17, 15) is 8.42 Å².